The zero-order valence-corrected chi connectivity index (χ0v) is 16.4. The van der Waals surface area contributed by atoms with Crippen LogP contribution in [-0.2, 0) is 11.8 Å². The number of carbonyl (C=O) groups is 1. The molecule has 5 nitrogen and oxygen atoms in total. The smallest absolute Gasteiger partial charge is 0.288 e. The van der Waals surface area contributed by atoms with Gasteiger partial charge in [0.1, 0.15) is 11.1 Å². The number of carbonyl (C=O) groups excluding carboxylic acids is 1. The predicted molar refractivity (Wildman–Crippen MR) is 110 cm³/mol. The van der Waals surface area contributed by atoms with Crippen LogP contribution in [0.3, 0.4) is 0 Å². The molecule has 27 heavy (non-hydrogen) atoms. The van der Waals surface area contributed by atoms with Gasteiger partial charge in [0.25, 0.3) is 5.56 Å². The monoisotopic (exact) mass is 379 g/mol. The number of thioether (sulfide) groups is 1. The highest BCUT2D eigenvalue weighted by molar-refractivity contribution is 8.00. The van der Waals surface area contributed by atoms with Crippen LogP contribution in [0.15, 0.2) is 59.4 Å². The van der Waals surface area contributed by atoms with Crippen molar-refractivity contribution in [3.63, 3.8) is 0 Å². The molecule has 3 aromatic rings. The van der Waals surface area contributed by atoms with E-state index in [1.54, 1.807) is 21.3 Å². The van der Waals surface area contributed by atoms with Gasteiger partial charge in [-0.15, -0.1) is 11.8 Å². The van der Waals surface area contributed by atoms with Crippen molar-refractivity contribution in [2.24, 2.45) is 7.05 Å². The van der Waals surface area contributed by atoms with Gasteiger partial charge in [0.15, 0.2) is 0 Å². The summed E-state index contributed by atoms with van der Waals surface area (Å²) in [5, 5.41) is -0.184. The third-order valence-electron chi connectivity index (χ3n) is 5.00. The summed E-state index contributed by atoms with van der Waals surface area (Å²) in [4.78, 5) is 27.7. The average molecular weight is 379 g/mol. The van der Waals surface area contributed by atoms with Gasteiger partial charge in [0.05, 0.1) is 17.1 Å². The Hall–Kier alpha value is -2.73. The Kier molecular flexibility index (Phi) is 4.44. The second-order valence-corrected chi connectivity index (χ2v) is 7.82. The largest absolute Gasteiger partial charge is 0.295 e. The molecular weight excluding hydrogens is 358 g/mol. The van der Waals surface area contributed by atoms with Crippen LogP contribution in [-0.4, -0.2) is 21.0 Å². The van der Waals surface area contributed by atoms with Crippen LogP contribution in [0.2, 0.25) is 0 Å². The van der Waals surface area contributed by atoms with E-state index in [4.69, 9.17) is 0 Å². The average Bonchev–Trinajstić information content (AvgIpc) is 3.14. The highest BCUT2D eigenvalue weighted by Crippen LogP contribution is 2.41. The molecule has 0 bridgehead atoms. The number of benzene rings is 2. The Morgan fingerprint density at radius 3 is 2.30 bits per heavy atom. The van der Waals surface area contributed by atoms with Crippen molar-refractivity contribution in [3.8, 4) is 5.69 Å². The fourth-order valence-corrected chi connectivity index (χ4v) is 4.64. The van der Waals surface area contributed by atoms with Gasteiger partial charge in [0, 0.05) is 7.05 Å². The first-order valence-corrected chi connectivity index (χ1v) is 9.88. The lowest BCUT2D eigenvalue weighted by molar-refractivity contribution is -0.115. The van der Waals surface area contributed by atoms with E-state index in [0.29, 0.717) is 11.4 Å². The molecule has 2 aromatic carbocycles. The van der Waals surface area contributed by atoms with E-state index in [9.17, 15) is 9.59 Å². The topological polar surface area (TPSA) is 47.2 Å². The number of aromatic nitrogens is 2. The number of aryl methyl sites for hydroxylation is 1. The normalized spacial score (nSPS) is 16.9. The molecule has 1 fully saturated rings. The van der Waals surface area contributed by atoms with Crippen molar-refractivity contribution in [1.82, 2.24) is 9.36 Å². The van der Waals surface area contributed by atoms with Crippen LogP contribution in [0.1, 0.15) is 22.2 Å². The van der Waals surface area contributed by atoms with Crippen LogP contribution in [0, 0.1) is 13.8 Å². The Morgan fingerprint density at radius 2 is 1.63 bits per heavy atom. The zero-order chi connectivity index (χ0) is 19.1. The molecular formula is C21H21N3O2S. The standard InChI is InChI=1S/C21H21N3O2S/c1-14-9-11-16(12-10-14)21-23(18(25)13-27-21)19-15(2)22(3)24(20(19)26)17-7-5-4-6-8-17/h4-12,21H,13H2,1-3H3. The molecule has 4 rings (SSSR count). The van der Waals surface area contributed by atoms with Crippen LogP contribution in [0.4, 0.5) is 5.69 Å². The Bertz CT molecular complexity index is 1050. The minimum Gasteiger partial charge on any atom is -0.288 e. The number of para-hydroxylation sites is 1. The number of nitrogens with zero attached hydrogens (tertiary/aromatic N) is 3. The van der Waals surface area contributed by atoms with Gasteiger partial charge >= 0.3 is 0 Å². The maximum absolute atomic E-state index is 13.3. The van der Waals surface area contributed by atoms with Crippen molar-refractivity contribution in [3.05, 3.63) is 81.8 Å². The van der Waals surface area contributed by atoms with Gasteiger partial charge in [-0.25, -0.2) is 4.68 Å². The summed E-state index contributed by atoms with van der Waals surface area (Å²) in [7, 11) is 1.85. The summed E-state index contributed by atoms with van der Waals surface area (Å²) in [6, 6.07) is 17.6. The lowest BCUT2D eigenvalue weighted by Gasteiger charge is -2.23. The summed E-state index contributed by atoms with van der Waals surface area (Å²) >= 11 is 1.56. The summed E-state index contributed by atoms with van der Waals surface area (Å²) in [6.07, 6.45) is 0. The van der Waals surface area contributed by atoms with Crippen LogP contribution >= 0.6 is 11.8 Å². The first kappa shape index (κ1) is 17.7. The molecule has 1 unspecified atom stereocenters. The van der Waals surface area contributed by atoms with Crippen LogP contribution < -0.4 is 10.5 Å². The van der Waals surface area contributed by atoms with E-state index >= 15 is 0 Å². The molecule has 1 saturated heterocycles. The van der Waals surface area contributed by atoms with Gasteiger partial charge in [-0.3, -0.25) is 19.2 Å². The van der Waals surface area contributed by atoms with Gasteiger partial charge in [0.2, 0.25) is 5.91 Å². The number of anilines is 1. The van der Waals surface area contributed by atoms with Crippen molar-refractivity contribution >= 4 is 23.4 Å². The van der Waals surface area contributed by atoms with E-state index < -0.39 is 0 Å². The fourth-order valence-electron chi connectivity index (χ4n) is 3.48. The maximum Gasteiger partial charge on any atom is 0.295 e. The molecule has 0 spiro atoms. The summed E-state index contributed by atoms with van der Waals surface area (Å²) in [5.41, 5.74) is 4.05. The van der Waals surface area contributed by atoms with Gasteiger partial charge in [-0.2, -0.15) is 0 Å². The molecule has 1 atom stereocenters. The van der Waals surface area contributed by atoms with Crippen molar-refractivity contribution in [2.75, 3.05) is 10.7 Å². The summed E-state index contributed by atoms with van der Waals surface area (Å²) in [6.45, 7) is 3.92. The SMILES string of the molecule is Cc1ccc(C2SCC(=O)N2c2c(C)n(C)n(-c3ccccc3)c2=O)cc1. The number of hydrogen-bond acceptors (Lipinski definition) is 3. The van der Waals surface area contributed by atoms with Crippen molar-refractivity contribution in [1.29, 1.82) is 0 Å². The minimum atomic E-state index is -0.184. The molecule has 2 heterocycles. The van der Waals surface area contributed by atoms with E-state index in [1.807, 2.05) is 80.2 Å². The van der Waals surface area contributed by atoms with E-state index in [2.05, 4.69) is 0 Å². The van der Waals surface area contributed by atoms with E-state index in [0.717, 1.165) is 16.9 Å². The van der Waals surface area contributed by atoms with Gasteiger partial charge in [-0.05, 0) is 31.5 Å². The van der Waals surface area contributed by atoms with E-state index in [1.165, 1.54) is 5.56 Å². The third-order valence-corrected chi connectivity index (χ3v) is 6.21. The molecule has 1 aliphatic rings. The highest BCUT2D eigenvalue weighted by atomic mass is 32.2. The van der Waals surface area contributed by atoms with Gasteiger partial charge in [-0.1, -0.05) is 48.0 Å². The number of hydrogen-bond donors (Lipinski definition) is 0. The Morgan fingerprint density at radius 1 is 0.963 bits per heavy atom. The molecule has 1 aliphatic heterocycles. The summed E-state index contributed by atoms with van der Waals surface area (Å²) in [5.74, 6) is 0.342. The Labute approximate surface area is 162 Å². The summed E-state index contributed by atoms with van der Waals surface area (Å²) < 4.78 is 3.43. The molecule has 1 amide bonds. The number of rotatable bonds is 3. The van der Waals surface area contributed by atoms with Gasteiger partial charge < -0.3 is 0 Å². The van der Waals surface area contributed by atoms with Crippen LogP contribution in [0.5, 0.6) is 0 Å². The lowest BCUT2D eigenvalue weighted by atomic mass is 10.1. The van der Waals surface area contributed by atoms with Crippen LogP contribution in [0.25, 0.3) is 5.69 Å². The second-order valence-electron chi connectivity index (χ2n) is 6.75. The quantitative estimate of drug-likeness (QED) is 0.699. The third kappa shape index (κ3) is 2.90. The van der Waals surface area contributed by atoms with E-state index in [-0.39, 0.29) is 16.8 Å². The first-order chi connectivity index (χ1) is 13.0. The minimum absolute atomic E-state index is 0.0309. The Balaban J connectivity index is 1.86. The molecule has 138 valence electrons. The predicted octanol–water partition coefficient (Wildman–Crippen LogP) is 3.57. The molecule has 0 N–H and O–H groups in total. The molecule has 1 aromatic heterocycles. The highest BCUT2D eigenvalue weighted by Gasteiger charge is 2.38. The maximum atomic E-state index is 13.3. The molecule has 0 radical (unpaired) electrons. The lowest BCUT2D eigenvalue weighted by Crippen LogP contribution is -2.33. The first-order valence-electron chi connectivity index (χ1n) is 8.83. The number of amides is 1. The molecule has 6 heteroatoms. The molecule has 0 saturated carbocycles. The van der Waals surface area contributed by atoms with Crippen molar-refractivity contribution < 1.29 is 4.79 Å². The fraction of sp³-hybridized carbons (Fsp3) is 0.238. The second kappa shape index (κ2) is 6.78. The zero-order valence-electron chi connectivity index (χ0n) is 15.5. The molecule has 0 aliphatic carbocycles. The van der Waals surface area contributed by atoms with Crippen molar-refractivity contribution in [2.45, 2.75) is 19.2 Å².